The third-order valence-electron chi connectivity index (χ3n) is 1.53. The Hall–Kier alpha value is -1.10. The summed E-state index contributed by atoms with van der Waals surface area (Å²) in [6, 6.07) is -0.332. The Bertz CT molecular complexity index is 162. The fourth-order valence-corrected chi connectivity index (χ4v) is 1.03. The maximum atomic E-state index is 10.2. The molecule has 1 saturated heterocycles. The van der Waals surface area contributed by atoms with Gasteiger partial charge in [0.25, 0.3) is 0 Å². The zero-order valence-electron chi connectivity index (χ0n) is 6.21. The average Bonchev–Trinajstić information content (AvgIpc) is 2.39. The van der Waals surface area contributed by atoms with Gasteiger partial charge in [-0.25, -0.2) is 10.2 Å². The molecule has 1 fully saturated rings. The number of nitrogens with zero attached hydrogens (tertiary/aromatic N) is 1. The molecule has 5 nitrogen and oxygen atoms in total. The maximum Gasteiger partial charge on any atom is 0.332 e. The topological polar surface area (TPSA) is 79.5 Å². The van der Waals surface area contributed by atoms with Gasteiger partial charge in [-0.3, -0.25) is 0 Å². The van der Waals surface area contributed by atoms with Crippen molar-refractivity contribution in [2.45, 2.75) is 18.9 Å². The van der Waals surface area contributed by atoms with Crippen molar-refractivity contribution in [1.29, 1.82) is 0 Å². The Balaban J connectivity index is 2.17. The highest BCUT2D eigenvalue weighted by molar-refractivity contribution is 5.73. The number of hydrogen-bond acceptors (Lipinski definition) is 3. The Kier molecular flexibility index (Phi) is 2.85. The van der Waals surface area contributed by atoms with Crippen molar-refractivity contribution in [3.8, 4) is 0 Å². The van der Waals surface area contributed by atoms with E-state index in [1.165, 1.54) is 0 Å². The summed E-state index contributed by atoms with van der Waals surface area (Å²) in [5.74, 6) is 0. The largest absolute Gasteiger partial charge is 0.350 e. The highest BCUT2D eigenvalue weighted by Crippen LogP contribution is 2.01. The minimum atomic E-state index is -0.626. The standard InChI is InChI=1S/C6H12N4O/c7-6(11)10-9-4-5-2-1-3-8-5/h4-5,8H,1-3H2,(H3,7,10,11)/t5-/m0/s1. The number of primary amides is 1. The van der Waals surface area contributed by atoms with E-state index in [-0.39, 0.29) is 0 Å². The highest BCUT2D eigenvalue weighted by atomic mass is 16.2. The predicted molar refractivity (Wildman–Crippen MR) is 42.2 cm³/mol. The zero-order valence-corrected chi connectivity index (χ0v) is 6.21. The fraction of sp³-hybridized carbons (Fsp3) is 0.667. The molecule has 0 saturated carbocycles. The van der Waals surface area contributed by atoms with E-state index in [0.717, 1.165) is 19.4 Å². The van der Waals surface area contributed by atoms with Gasteiger partial charge in [-0.1, -0.05) is 0 Å². The van der Waals surface area contributed by atoms with Crippen LogP contribution in [0.2, 0.25) is 0 Å². The van der Waals surface area contributed by atoms with Crippen LogP contribution in [0.3, 0.4) is 0 Å². The van der Waals surface area contributed by atoms with Crippen molar-refractivity contribution in [3.05, 3.63) is 0 Å². The van der Waals surface area contributed by atoms with Crippen molar-refractivity contribution >= 4 is 12.2 Å². The minimum Gasteiger partial charge on any atom is -0.350 e. The summed E-state index contributed by atoms with van der Waals surface area (Å²) in [4.78, 5) is 10.2. The van der Waals surface area contributed by atoms with Gasteiger partial charge >= 0.3 is 6.03 Å². The van der Waals surface area contributed by atoms with Gasteiger partial charge in [-0.2, -0.15) is 5.10 Å². The summed E-state index contributed by atoms with van der Waals surface area (Å²) >= 11 is 0. The van der Waals surface area contributed by atoms with Crippen molar-refractivity contribution in [3.63, 3.8) is 0 Å². The van der Waals surface area contributed by atoms with Crippen LogP contribution in [0.25, 0.3) is 0 Å². The van der Waals surface area contributed by atoms with Gasteiger partial charge in [0.2, 0.25) is 0 Å². The quantitative estimate of drug-likeness (QED) is 0.368. The molecule has 1 atom stereocenters. The van der Waals surface area contributed by atoms with E-state index in [1.54, 1.807) is 6.21 Å². The van der Waals surface area contributed by atoms with Gasteiger partial charge in [-0.15, -0.1) is 0 Å². The molecule has 0 aromatic heterocycles. The Labute approximate surface area is 65.0 Å². The van der Waals surface area contributed by atoms with Gasteiger partial charge in [0.15, 0.2) is 0 Å². The lowest BCUT2D eigenvalue weighted by Crippen LogP contribution is -2.28. The van der Waals surface area contributed by atoms with E-state index in [4.69, 9.17) is 5.73 Å². The smallest absolute Gasteiger partial charge is 0.332 e. The van der Waals surface area contributed by atoms with Gasteiger partial charge in [-0.05, 0) is 19.4 Å². The van der Waals surface area contributed by atoms with E-state index in [0.29, 0.717) is 6.04 Å². The monoisotopic (exact) mass is 156 g/mol. The molecule has 1 aliphatic rings. The third-order valence-corrected chi connectivity index (χ3v) is 1.53. The number of carbonyl (C=O) groups excluding carboxylic acids is 1. The van der Waals surface area contributed by atoms with E-state index in [1.807, 2.05) is 0 Å². The Morgan fingerprint density at radius 2 is 2.64 bits per heavy atom. The molecular formula is C6H12N4O. The first-order chi connectivity index (χ1) is 5.29. The van der Waals surface area contributed by atoms with Crippen LogP contribution in [-0.2, 0) is 0 Å². The van der Waals surface area contributed by atoms with E-state index in [9.17, 15) is 4.79 Å². The molecule has 0 aliphatic carbocycles. The van der Waals surface area contributed by atoms with Crippen LogP contribution in [0, 0.1) is 0 Å². The molecule has 4 N–H and O–H groups in total. The molecule has 0 aromatic rings. The molecule has 2 amide bonds. The Morgan fingerprint density at radius 3 is 3.18 bits per heavy atom. The second kappa shape index (κ2) is 3.92. The van der Waals surface area contributed by atoms with Gasteiger partial charge < -0.3 is 11.1 Å². The van der Waals surface area contributed by atoms with Gasteiger partial charge in [0.05, 0.1) is 0 Å². The molecule has 0 unspecified atom stereocenters. The molecule has 0 spiro atoms. The lowest BCUT2D eigenvalue weighted by atomic mass is 10.2. The van der Waals surface area contributed by atoms with Crippen molar-refractivity contribution < 1.29 is 4.79 Å². The molecule has 62 valence electrons. The number of urea groups is 1. The number of nitrogens with one attached hydrogen (secondary N) is 2. The first-order valence-electron chi connectivity index (χ1n) is 3.61. The molecule has 0 aromatic carbocycles. The molecule has 5 heteroatoms. The van der Waals surface area contributed by atoms with Crippen molar-refractivity contribution in [2.75, 3.05) is 6.54 Å². The van der Waals surface area contributed by atoms with Crippen LogP contribution < -0.4 is 16.5 Å². The lowest BCUT2D eigenvalue weighted by Gasteiger charge is -2.00. The molecule has 1 rings (SSSR count). The molecule has 1 heterocycles. The number of carbonyl (C=O) groups is 1. The average molecular weight is 156 g/mol. The normalized spacial score (nSPS) is 24.2. The summed E-state index contributed by atoms with van der Waals surface area (Å²) < 4.78 is 0. The summed E-state index contributed by atoms with van der Waals surface area (Å²) in [7, 11) is 0. The molecule has 0 bridgehead atoms. The van der Waals surface area contributed by atoms with Crippen LogP contribution in [-0.4, -0.2) is 24.8 Å². The van der Waals surface area contributed by atoms with Crippen LogP contribution in [0.5, 0.6) is 0 Å². The van der Waals surface area contributed by atoms with Gasteiger partial charge in [0, 0.05) is 12.3 Å². The third kappa shape index (κ3) is 2.99. The molecular weight excluding hydrogens is 144 g/mol. The molecule has 11 heavy (non-hydrogen) atoms. The second-order valence-electron chi connectivity index (χ2n) is 2.46. The summed E-state index contributed by atoms with van der Waals surface area (Å²) in [6.07, 6.45) is 3.90. The number of amides is 2. The highest BCUT2D eigenvalue weighted by Gasteiger charge is 2.10. The second-order valence-corrected chi connectivity index (χ2v) is 2.46. The van der Waals surface area contributed by atoms with Crippen LogP contribution in [0.1, 0.15) is 12.8 Å². The van der Waals surface area contributed by atoms with Crippen LogP contribution in [0.15, 0.2) is 5.10 Å². The number of nitrogens with two attached hydrogens (primary N) is 1. The van der Waals surface area contributed by atoms with Crippen molar-refractivity contribution in [1.82, 2.24) is 10.7 Å². The maximum absolute atomic E-state index is 10.2. The Morgan fingerprint density at radius 1 is 1.82 bits per heavy atom. The molecule has 1 aliphatic heterocycles. The molecule has 0 radical (unpaired) electrons. The van der Waals surface area contributed by atoms with Crippen LogP contribution >= 0.6 is 0 Å². The van der Waals surface area contributed by atoms with Crippen LogP contribution in [0.4, 0.5) is 4.79 Å². The fourth-order valence-electron chi connectivity index (χ4n) is 1.03. The van der Waals surface area contributed by atoms with Crippen molar-refractivity contribution in [2.24, 2.45) is 10.8 Å². The van der Waals surface area contributed by atoms with Gasteiger partial charge in [0.1, 0.15) is 0 Å². The van der Waals surface area contributed by atoms with E-state index < -0.39 is 6.03 Å². The SMILES string of the molecule is NC(=O)NN=C[C@@H]1CCCN1. The minimum absolute atomic E-state index is 0.293. The summed E-state index contributed by atoms with van der Waals surface area (Å²) in [5.41, 5.74) is 6.93. The lowest BCUT2D eigenvalue weighted by molar-refractivity contribution is 0.249. The predicted octanol–water partition coefficient (Wildman–Crippen LogP) is -0.608. The number of hydrogen-bond donors (Lipinski definition) is 3. The summed E-state index contributed by atoms with van der Waals surface area (Å²) in [5, 5.41) is 6.83. The summed E-state index contributed by atoms with van der Waals surface area (Å²) in [6.45, 7) is 1.02. The first kappa shape index (κ1) is 8.00. The number of rotatable bonds is 2. The van der Waals surface area contributed by atoms with E-state index in [2.05, 4.69) is 15.8 Å². The number of hydrazone groups is 1. The first-order valence-corrected chi connectivity index (χ1v) is 3.61. The van der Waals surface area contributed by atoms with E-state index >= 15 is 0 Å². The zero-order chi connectivity index (χ0) is 8.10.